The Balaban J connectivity index is 1.90. The van der Waals surface area contributed by atoms with Gasteiger partial charge in [-0.3, -0.25) is 4.79 Å². The van der Waals surface area contributed by atoms with Crippen LogP contribution in [0.15, 0.2) is 60.7 Å². The van der Waals surface area contributed by atoms with Gasteiger partial charge in [-0.05, 0) is 54.1 Å². The average Bonchev–Trinajstić information content (AvgIpc) is 2.70. The van der Waals surface area contributed by atoms with Crippen LogP contribution in [0.1, 0.15) is 10.4 Å². The first-order valence-electron chi connectivity index (χ1n) is 8.10. The fraction of sp³-hybridized carbons (Fsp3) is 0.0952. The summed E-state index contributed by atoms with van der Waals surface area (Å²) >= 11 is 0. The quantitative estimate of drug-likeness (QED) is 0.696. The van der Waals surface area contributed by atoms with Crippen LogP contribution in [0.2, 0.25) is 0 Å². The van der Waals surface area contributed by atoms with Crippen molar-refractivity contribution in [2.75, 3.05) is 19.5 Å². The van der Waals surface area contributed by atoms with Gasteiger partial charge in [0.15, 0.2) is 11.6 Å². The summed E-state index contributed by atoms with van der Waals surface area (Å²) in [6.45, 7) is 0. The molecule has 3 aromatic rings. The summed E-state index contributed by atoms with van der Waals surface area (Å²) in [6, 6.07) is 15.5. The minimum absolute atomic E-state index is 0.0238. The van der Waals surface area contributed by atoms with Crippen LogP contribution in [0, 0.1) is 11.6 Å². The zero-order valence-electron chi connectivity index (χ0n) is 14.8. The molecule has 0 aromatic heterocycles. The molecule has 0 atom stereocenters. The van der Waals surface area contributed by atoms with Crippen LogP contribution in [0.3, 0.4) is 0 Å². The Morgan fingerprint density at radius 1 is 0.852 bits per heavy atom. The number of carbonyl (C=O) groups excluding carboxylic acids is 1. The van der Waals surface area contributed by atoms with Gasteiger partial charge in [0.25, 0.3) is 5.91 Å². The van der Waals surface area contributed by atoms with Crippen LogP contribution in [0.25, 0.3) is 11.1 Å². The van der Waals surface area contributed by atoms with E-state index in [4.69, 9.17) is 9.47 Å². The predicted molar refractivity (Wildman–Crippen MR) is 99.3 cm³/mol. The molecule has 0 bridgehead atoms. The van der Waals surface area contributed by atoms with Crippen molar-refractivity contribution in [2.45, 2.75) is 0 Å². The van der Waals surface area contributed by atoms with Gasteiger partial charge in [-0.2, -0.15) is 0 Å². The highest BCUT2D eigenvalue weighted by Gasteiger charge is 2.12. The predicted octanol–water partition coefficient (Wildman–Crippen LogP) is 4.90. The minimum Gasteiger partial charge on any atom is -0.497 e. The highest BCUT2D eigenvalue weighted by molar-refractivity contribution is 6.04. The fourth-order valence-electron chi connectivity index (χ4n) is 2.62. The lowest BCUT2D eigenvalue weighted by atomic mass is 10.0. The number of ether oxygens (including phenoxy) is 2. The molecule has 0 heterocycles. The Morgan fingerprint density at radius 3 is 2.22 bits per heavy atom. The molecule has 6 heteroatoms. The highest BCUT2D eigenvalue weighted by atomic mass is 19.2. The van der Waals surface area contributed by atoms with Crippen molar-refractivity contribution in [1.82, 2.24) is 0 Å². The molecule has 27 heavy (non-hydrogen) atoms. The molecule has 0 saturated heterocycles. The Labute approximate surface area is 155 Å². The van der Waals surface area contributed by atoms with Crippen molar-refractivity contribution in [3.05, 3.63) is 77.9 Å². The zero-order chi connectivity index (χ0) is 19.4. The van der Waals surface area contributed by atoms with Gasteiger partial charge in [0.2, 0.25) is 0 Å². The third kappa shape index (κ3) is 4.06. The summed E-state index contributed by atoms with van der Waals surface area (Å²) < 4.78 is 36.9. The minimum atomic E-state index is -1.07. The molecule has 0 radical (unpaired) electrons. The summed E-state index contributed by atoms with van der Waals surface area (Å²) in [5.74, 6) is -1.26. The Morgan fingerprint density at radius 2 is 1.59 bits per heavy atom. The first-order chi connectivity index (χ1) is 13.0. The van der Waals surface area contributed by atoms with Crippen LogP contribution in [0.5, 0.6) is 11.5 Å². The highest BCUT2D eigenvalue weighted by Crippen LogP contribution is 2.33. The van der Waals surface area contributed by atoms with E-state index in [-0.39, 0.29) is 5.56 Å². The van der Waals surface area contributed by atoms with Gasteiger partial charge in [0, 0.05) is 16.8 Å². The first kappa shape index (κ1) is 18.4. The van der Waals surface area contributed by atoms with Crippen molar-refractivity contribution in [3.63, 3.8) is 0 Å². The molecule has 0 aliphatic heterocycles. The number of hydrogen-bond donors (Lipinski definition) is 1. The SMILES string of the molecule is COc1ccc(-c2cc(NC(=O)c3ccc(F)c(F)c3)ccc2OC)cc1. The van der Waals surface area contributed by atoms with Gasteiger partial charge >= 0.3 is 0 Å². The van der Waals surface area contributed by atoms with E-state index in [1.165, 1.54) is 6.07 Å². The summed E-state index contributed by atoms with van der Waals surface area (Å²) in [4.78, 5) is 12.3. The monoisotopic (exact) mass is 369 g/mol. The third-order valence-electron chi connectivity index (χ3n) is 4.04. The normalized spacial score (nSPS) is 10.4. The molecular weight excluding hydrogens is 352 g/mol. The number of methoxy groups -OCH3 is 2. The van der Waals surface area contributed by atoms with Crippen molar-refractivity contribution in [3.8, 4) is 22.6 Å². The topological polar surface area (TPSA) is 47.6 Å². The number of carbonyl (C=O) groups is 1. The fourth-order valence-corrected chi connectivity index (χ4v) is 2.62. The molecule has 138 valence electrons. The standard InChI is InChI=1S/C21H17F2NO3/c1-26-16-7-3-13(4-8-16)17-12-15(6-10-20(17)27-2)24-21(25)14-5-9-18(22)19(23)11-14/h3-12H,1-2H3,(H,24,25). The molecule has 1 N–H and O–H groups in total. The second-order valence-electron chi connectivity index (χ2n) is 5.73. The average molecular weight is 369 g/mol. The molecule has 3 aromatic carbocycles. The number of benzene rings is 3. The van der Waals surface area contributed by atoms with Gasteiger partial charge in [-0.25, -0.2) is 8.78 Å². The lowest BCUT2D eigenvalue weighted by molar-refractivity contribution is 0.102. The molecule has 0 aliphatic rings. The van der Waals surface area contributed by atoms with Crippen LogP contribution in [0.4, 0.5) is 14.5 Å². The van der Waals surface area contributed by atoms with E-state index in [0.29, 0.717) is 11.4 Å². The summed E-state index contributed by atoms with van der Waals surface area (Å²) in [7, 11) is 3.14. The van der Waals surface area contributed by atoms with E-state index in [0.717, 1.165) is 29.0 Å². The van der Waals surface area contributed by atoms with Crippen LogP contribution in [-0.4, -0.2) is 20.1 Å². The summed E-state index contributed by atoms with van der Waals surface area (Å²) in [5.41, 5.74) is 2.16. The molecule has 0 unspecified atom stereocenters. The molecule has 0 aliphatic carbocycles. The summed E-state index contributed by atoms with van der Waals surface area (Å²) in [5, 5.41) is 2.68. The van der Waals surface area contributed by atoms with E-state index < -0.39 is 17.5 Å². The Hall–Kier alpha value is -3.41. The lowest BCUT2D eigenvalue weighted by Gasteiger charge is -2.12. The van der Waals surface area contributed by atoms with Crippen molar-refractivity contribution >= 4 is 11.6 Å². The first-order valence-corrected chi connectivity index (χ1v) is 8.10. The van der Waals surface area contributed by atoms with E-state index in [9.17, 15) is 13.6 Å². The number of nitrogens with one attached hydrogen (secondary N) is 1. The zero-order valence-corrected chi connectivity index (χ0v) is 14.8. The maximum absolute atomic E-state index is 13.3. The molecule has 1 amide bonds. The summed E-state index contributed by atoms with van der Waals surface area (Å²) in [6.07, 6.45) is 0. The van der Waals surface area contributed by atoms with Gasteiger partial charge < -0.3 is 14.8 Å². The Bertz CT molecular complexity index is 972. The number of hydrogen-bond acceptors (Lipinski definition) is 3. The maximum Gasteiger partial charge on any atom is 0.255 e. The van der Waals surface area contributed by atoms with E-state index in [1.807, 2.05) is 24.3 Å². The van der Waals surface area contributed by atoms with Gasteiger partial charge in [0.1, 0.15) is 11.5 Å². The number of amides is 1. The van der Waals surface area contributed by atoms with Crippen molar-refractivity contribution in [1.29, 1.82) is 0 Å². The van der Waals surface area contributed by atoms with Crippen LogP contribution < -0.4 is 14.8 Å². The van der Waals surface area contributed by atoms with Crippen LogP contribution >= 0.6 is 0 Å². The smallest absolute Gasteiger partial charge is 0.255 e. The van der Waals surface area contributed by atoms with E-state index >= 15 is 0 Å². The van der Waals surface area contributed by atoms with E-state index in [1.54, 1.807) is 32.4 Å². The number of halogens is 2. The molecular formula is C21H17F2NO3. The second kappa shape index (κ2) is 7.86. The lowest BCUT2D eigenvalue weighted by Crippen LogP contribution is -2.12. The largest absolute Gasteiger partial charge is 0.497 e. The van der Waals surface area contributed by atoms with E-state index in [2.05, 4.69) is 5.32 Å². The molecule has 3 rings (SSSR count). The van der Waals surface area contributed by atoms with Crippen molar-refractivity contribution < 1.29 is 23.0 Å². The number of rotatable bonds is 5. The number of anilines is 1. The van der Waals surface area contributed by atoms with Crippen molar-refractivity contribution in [2.24, 2.45) is 0 Å². The molecule has 0 spiro atoms. The van der Waals surface area contributed by atoms with Gasteiger partial charge in [-0.1, -0.05) is 12.1 Å². The second-order valence-corrected chi connectivity index (χ2v) is 5.73. The Kier molecular flexibility index (Phi) is 5.35. The van der Waals surface area contributed by atoms with Gasteiger partial charge in [0.05, 0.1) is 14.2 Å². The maximum atomic E-state index is 13.3. The van der Waals surface area contributed by atoms with Gasteiger partial charge in [-0.15, -0.1) is 0 Å². The molecule has 0 saturated carbocycles. The molecule has 0 fully saturated rings. The van der Waals surface area contributed by atoms with Crippen LogP contribution in [-0.2, 0) is 0 Å². The third-order valence-corrected chi connectivity index (χ3v) is 4.04. The molecule has 4 nitrogen and oxygen atoms in total.